The predicted molar refractivity (Wildman–Crippen MR) is 118 cm³/mol. The third-order valence-electron chi connectivity index (χ3n) is 4.18. The van der Waals surface area contributed by atoms with Gasteiger partial charge in [-0.15, -0.1) is 0 Å². The molecular formula is C21H15IN4O3. The zero-order valence-corrected chi connectivity index (χ0v) is 17.2. The molecule has 0 radical (unpaired) electrons. The Morgan fingerprint density at radius 3 is 2.59 bits per heavy atom. The van der Waals surface area contributed by atoms with E-state index in [0.717, 1.165) is 22.1 Å². The molecule has 0 saturated heterocycles. The Balaban J connectivity index is 1.48. The van der Waals surface area contributed by atoms with Crippen molar-refractivity contribution in [3.63, 3.8) is 0 Å². The van der Waals surface area contributed by atoms with Gasteiger partial charge in [0.15, 0.2) is 5.69 Å². The van der Waals surface area contributed by atoms with Crippen LogP contribution in [-0.2, 0) is 6.61 Å². The number of carboxylic acid groups (broad SMARTS) is 1. The highest BCUT2D eigenvalue weighted by Crippen LogP contribution is 2.30. The largest absolute Gasteiger partial charge is 0.488 e. The number of carboxylic acids is 1. The molecule has 2 aromatic heterocycles. The van der Waals surface area contributed by atoms with Crippen molar-refractivity contribution in [3.8, 4) is 5.75 Å². The Morgan fingerprint density at radius 2 is 1.83 bits per heavy atom. The lowest BCUT2D eigenvalue weighted by Crippen LogP contribution is -2.04. The maximum Gasteiger partial charge on any atom is 0.356 e. The predicted octanol–water partition coefficient (Wildman–Crippen LogP) is 4.65. The molecule has 4 aromatic rings. The van der Waals surface area contributed by atoms with Crippen molar-refractivity contribution in [1.29, 1.82) is 0 Å². The number of nitrogens with zero attached hydrogens (tertiary/aromatic N) is 3. The Labute approximate surface area is 179 Å². The summed E-state index contributed by atoms with van der Waals surface area (Å²) in [7, 11) is 0. The molecule has 29 heavy (non-hydrogen) atoms. The fraction of sp³-hybridized carbons (Fsp3) is 0.0476. The SMILES string of the molecule is O=C(O)c1cnc(Nc2cc(COc3ccc(I)c4ccccc34)ccn2)cn1. The summed E-state index contributed by atoms with van der Waals surface area (Å²) in [6, 6.07) is 15.9. The van der Waals surface area contributed by atoms with E-state index in [4.69, 9.17) is 9.84 Å². The third kappa shape index (κ3) is 4.43. The van der Waals surface area contributed by atoms with Crippen LogP contribution in [0, 0.1) is 3.57 Å². The van der Waals surface area contributed by atoms with Gasteiger partial charge in [-0.25, -0.2) is 19.7 Å². The molecular weight excluding hydrogens is 483 g/mol. The molecule has 0 aliphatic carbocycles. The molecule has 2 N–H and O–H groups in total. The lowest BCUT2D eigenvalue weighted by Gasteiger charge is -2.11. The van der Waals surface area contributed by atoms with E-state index in [-0.39, 0.29) is 5.69 Å². The van der Waals surface area contributed by atoms with E-state index >= 15 is 0 Å². The van der Waals surface area contributed by atoms with Gasteiger partial charge in [-0.05, 0) is 57.8 Å². The second kappa shape index (κ2) is 8.39. The van der Waals surface area contributed by atoms with Crippen LogP contribution in [0.2, 0.25) is 0 Å². The minimum atomic E-state index is -1.12. The number of nitrogens with one attached hydrogen (secondary N) is 1. The molecule has 0 unspecified atom stereocenters. The molecule has 0 saturated carbocycles. The van der Waals surface area contributed by atoms with Gasteiger partial charge in [0.25, 0.3) is 0 Å². The molecule has 0 atom stereocenters. The normalized spacial score (nSPS) is 10.7. The second-order valence-corrected chi connectivity index (χ2v) is 7.31. The number of benzene rings is 2. The average Bonchev–Trinajstić information content (AvgIpc) is 2.74. The van der Waals surface area contributed by atoms with Gasteiger partial charge in [-0.2, -0.15) is 0 Å². The van der Waals surface area contributed by atoms with Crippen LogP contribution in [0.25, 0.3) is 10.8 Å². The van der Waals surface area contributed by atoms with Crippen molar-refractivity contribution >= 4 is 51.0 Å². The summed E-state index contributed by atoms with van der Waals surface area (Å²) < 4.78 is 7.23. The van der Waals surface area contributed by atoms with Gasteiger partial charge in [0.2, 0.25) is 0 Å². The minimum Gasteiger partial charge on any atom is -0.488 e. The molecule has 144 valence electrons. The zero-order valence-electron chi connectivity index (χ0n) is 15.0. The Bertz CT molecular complexity index is 1180. The highest BCUT2D eigenvalue weighted by molar-refractivity contribution is 14.1. The molecule has 0 bridgehead atoms. The first-order valence-electron chi connectivity index (χ1n) is 8.67. The van der Waals surface area contributed by atoms with Gasteiger partial charge in [0.05, 0.1) is 12.4 Å². The number of aromatic carboxylic acids is 1. The molecule has 8 heteroatoms. The van der Waals surface area contributed by atoms with Crippen molar-refractivity contribution in [3.05, 3.63) is 81.9 Å². The summed E-state index contributed by atoms with van der Waals surface area (Å²) in [6.45, 7) is 0.380. The first kappa shape index (κ1) is 19.1. The Morgan fingerprint density at radius 1 is 1.00 bits per heavy atom. The number of carbonyl (C=O) groups is 1. The monoisotopic (exact) mass is 498 g/mol. The van der Waals surface area contributed by atoms with Gasteiger partial charge in [0.1, 0.15) is 24.0 Å². The molecule has 2 heterocycles. The smallest absolute Gasteiger partial charge is 0.356 e. The fourth-order valence-electron chi connectivity index (χ4n) is 2.79. The summed E-state index contributed by atoms with van der Waals surface area (Å²) in [6.07, 6.45) is 4.22. The van der Waals surface area contributed by atoms with E-state index in [9.17, 15) is 4.79 Å². The van der Waals surface area contributed by atoms with Crippen LogP contribution in [0.3, 0.4) is 0 Å². The lowest BCUT2D eigenvalue weighted by atomic mass is 10.1. The number of halogens is 1. The summed E-state index contributed by atoms with van der Waals surface area (Å²) in [5.41, 5.74) is 0.815. The molecule has 0 fully saturated rings. The summed E-state index contributed by atoms with van der Waals surface area (Å²) >= 11 is 2.32. The van der Waals surface area contributed by atoms with E-state index in [0.29, 0.717) is 18.2 Å². The van der Waals surface area contributed by atoms with E-state index in [1.165, 1.54) is 16.0 Å². The number of fused-ring (bicyclic) bond motifs is 1. The number of aromatic nitrogens is 3. The van der Waals surface area contributed by atoms with E-state index in [1.807, 2.05) is 42.5 Å². The van der Waals surface area contributed by atoms with Gasteiger partial charge in [0, 0.05) is 15.2 Å². The first-order valence-corrected chi connectivity index (χ1v) is 9.75. The fourth-order valence-corrected chi connectivity index (χ4v) is 3.44. The highest BCUT2D eigenvalue weighted by Gasteiger charge is 2.07. The third-order valence-corrected chi connectivity index (χ3v) is 5.12. The minimum absolute atomic E-state index is 0.115. The molecule has 0 aliphatic rings. The number of hydrogen-bond acceptors (Lipinski definition) is 6. The molecule has 2 aromatic carbocycles. The van der Waals surface area contributed by atoms with E-state index in [1.54, 1.807) is 6.20 Å². The van der Waals surface area contributed by atoms with Gasteiger partial charge in [-0.3, -0.25) is 0 Å². The number of ether oxygens (including phenoxy) is 1. The highest BCUT2D eigenvalue weighted by atomic mass is 127. The van der Waals surface area contributed by atoms with Crippen LogP contribution in [0.5, 0.6) is 5.75 Å². The van der Waals surface area contributed by atoms with Crippen LogP contribution in [0.1, 0.15) is 16.1 Å². The Hall–Kier alpha value is -3.27. The van der Waals surface area contributed by atoms with Crippen LogP contribution in [0.4, 0.5) is 11.6 Å². The molecule has 4 rings (SSSR count). The average molecular weight is 498 g/mol. The van der Waals surface area contributed by atoms with Crippen molar-refractivity contribution in [2.45, 2.75) is 6.61 Å². The first-order chi connectivity index (χ1) is 14.1. The van der Waals surface area contributed by atoms with Gasteiger partial charge >= 0.3 is 5.97 Å². The van der Waals surface area contributed by atoms with Gasteiger partial charge in [-0.1, -0.05) is 24.3 Å². The standard InChI is InChI=1S/C21H15IN4O3/c22-16-5-6-18(15-4-2-1-3-14(15)16)29-12-13-7-8-23-19(9-13)26-20-11-24-17(10-25-20)21(27)28/h1-11H,12H2,(H,27,28)(H,23,25,26). The lowest BCUT2D eigenvalue weighted by molar-refractivity contribution is 0.0690. The number of hydrogen-bond donors (Lipinski definition) is 2. The van der Waals surface area contributed by atoms with Crippen molar-refractivity contribution in [1.82, 2.24) is 15.0 Å². The molecule has 0 amide bonds. The van der Waals surface area contributed by atoms with Crippen molar-refractivity contribution < 1.29 is 14.6 Å². The topological polar surface area (TPSA) is 97.2 Å². The molecule has 0 spiro atoms. The number of pyridine rings is 1. The quantitative estimate of drug-likeness (QED) is 0.374. The second-order valence-electron chi connectivity index (χ2n) is 6.15. The molecule has 0 aliphatic heterocycles. The van der Waals surface area contributed by atoms with Crippen LogP contribution in [0.15, 0.2) is 67.1 Å². The number of anilines is 2. The van der Waals surface area contributed by atoms with E-state index < -0.39 is 5.97 Å². The van der Waals surface area contributed by atoms with Crippen LogP contribution in [-0.4, -0.2) is 26.0 Å². The Kier molecular flexibility index (Phi) is 5.52. The van der Waals surface area contributed by atoms with Crippen LogP contribution < -0.4 is 10.1 Å². The van der Waals surface area contributed by atoms with Gasteiger partial charge < -0.3 is 15.2 Å². The summed E-state index contributed by atoms with van der Waals surface area (Å²) in [5, 5.41) is 14.1. The number of rotatable bonds is 6. The van der Waals surface area contributed by atoms with E-state index in [2.05, 4.69) is 48.9 Å². The van der Waals surface area contributed by atoms with Crippen molar-refractivity contribution in [2.75, 3.05) is 5.32 Å². The molecule has 7 nitrogen and oxygen atoms in total. The summed E-state index contributed by atoms with van der Waals surface area (Å²) in [5.74, 6) is 0.673. The van der Waals surface area contributed by atoms with Crippen LogP contribution >= 0.6 is 22.6 Å². The maximum absolute atomic E-state index is 10.9. The summed E-state index contributed by atoms with van der Waals surface area (Å²) in [4.78, 5) is 23.0. The zero-order chi connectivity index (χ0) is 20.2. The van der Waals surface area contributed by atoms with Crippen molar-refractivity contribution in [2.24, 2.45) is 0 Å². The maximum atomic E-state index is 10.9.